The Hall–Kier alpha value is -0.560. The molecule has 3 saturated carbocycles. The summed E-state index contributed by atoms with van der Waals surface area (Å²) in [4.78, 5) is 0. The van der Waals surface area contributed by atoms with Gasteiger partial charge in [0.2, 0.25) is 0 Å². The Balaban J connectivity index is 1.71. The summed E-state index contributed by atoms with van der Waals surface area (Å²) in [6.07, 6.45) is 13.8. The molecule has 0 aromatic rings. The van der Waals surface area contributed by atoms with E-state index in [2.05, 4.69) is 26.5 Å². The van der Waals surface area contributed by atoms with Gasteiger partial charge in [-0.05, 0) is 86.4 Å². The summed E-state index contributed by atoms with van der Waals surface area (Å²) in [6, 6.07) is 0. The van der Waals surface area contributed by atoms with Gasteiger partial charge in [0.1, 0.15) is 0 Å². The highest BCUT2D eigenvalue weighted by Crippen LogP contribution is 2.66. The molecule has 6 atom stereocenters. The van der Waals surface area contributed by atoms with Gasteiger partial charge in [-0.15, -0.1) is 0 Å². The molecule has 0 amide bonds. The van der Waals surface area contributed by atoms with E-state index in [0.717, 1.165) is 24.2 Å². The van der Waals surface area contributed by atoms with Crippen molar-refractivity contribution >= 4 is 0 Å². The van der Waals surface area contributed by atoms with Crippen molar-refractivity contribution in [1.29, 1.82) is 0 Å². The van der Waals surface area contributed by atoms with Crippen LogP contribution in [0.15, 0.2) is 23.8 Å². The van der Waals surface area contributed by atoms with E-state index in [1.807, 2.05) is 0 Å². The topological polar surface area (TPSA) is 20.2 Å². The van der Waals surface area contributed by atoms with E-state index >= 15 is 0 Å². The lowest BCUT2D eigenvalue weighted by molar-refractivity contribution is -0.0780. The summed E-state index contributed by atoms with van der Waals surface area (Å²) in [5.41, 5.74) is 3.78. The Morgan fingerprint density at radius 1 is 1.14 bits per heavy atom. The minimum Gasteiger partial charge on any atom is -0.393 e. The lowest BCUT2D eigenvalue weighted by Gasteiger charge is -2.59. The maximum atomic E-state index is 10.5. The van der Waals surface area contributed by atoms with Crippen LogP contribution in [0.3, 0.4) is 0 Å². The molecule has 4 aliphatic rings. The minimum absolute atomic E-state index is 0.0425. The van der Waals surface area contributed by atoms with Gasteiger partial charge in [0, 0.05) is 0 Å². The van der Waals surface area contributed by atoms with Crippen LogP contribution in [0.4, 0.5) is 0 Å². The molecule has 0 radical (unpaired) electrons. The highest BCUT2D eigenvalue weighted by atomic mass is 16.3. The van der Waals surface area contributed by atoms with E-state index < -0.39 is 0 Å². The van der Waals surface area contributed by atoms with Crippen LogP contribution >= 0.6 is 0 Å². The summed E-state index contributed by atoms with van der Waals surface area (Å²) >= 11 is 0. The molecule has 0 unspecified atom stereocenters. The zero-order chi connectivity index (χ0) is 15.5. The average Bonchev–Trinajstić information content (AvgIpc) is 2.82. The predicted molar refractivity (Wildman–Crippen MR) is 91.5 cm³/mol. The van der Waals surface area contributed by atoms with Gasteiger partial charge in [0.25, 0.3) is 0 Å². The molecule has 0 aromatic carbocycles. The van der Waals surface area contributed by atoms with Crippen LogP contribution in [0.2, 0.25) is 0 Å². The molecule has 4 aliphatic carbocycles. The van der Waals surface area contributed by atoms with Gasteiger partial charge < -0.3 is 5.11 Å². The Morgan fingerprint density at radius 3 is 2.73 bits per heavy atom. The second kappa shape index (κ2) is 4.97. The van der Waals surface area contributed by atoms with Crippen molar-refractivity contribution in [2.24, 2.45) is 28.6 Å². The molecule has 122 valence electrons. The van der Waals surface area contributed by atoms with Crippen LogP contribution in [-0.2, 0) is 0 Å². The Morgan fingerprint density at radius 2 is 1.95 bits per heavy atom. The van der Waals surface area contributed by atoms with Crippen LogP contribution in [0.5, 0.6) is 0 Å². The third kappa shape index (κ3) is 1.81. The normalized spacial score (nSPS) is 50.9. The lowest BCUT2D eigenvalue weighted by Crippen LogP contribution is -2.51. The molecular weight excluding hydrogens is 268 g/mol. The third-order valence-corrected chi connectivity index (χ3v) is 8.38. The summed E-state index contributed by atoms with van der Waals surface area (Å²) in [5.74, 6) is 2.50. The Labute approximate surface area is 135 Å². The highest BCUT2D eigenvalue weighted by Gasteiger charge is 2.59. The monoisotopic (exact) mass is 300 g/mol. The summed E-state index contributed by atoms with van der Waals surface area (Å²) in [7, 11) is 0. The number of aliphatic hydroxyl groups excluding tert-OH is 1. The molecule has 0 spiro atoms. The summed E-state index contributed by atoms with van der Waals surface area (Å²) in [5, 5.41) is 10.5. The van der Waals surface area contributed by atoms with Crippen LogP contribution < -0.4 is 0 Å². The van der Waals surface area contributed by atoms with E-state index in [0.29, 0.717) is 5.41 Å². The van der Waals surface area contributed by atoms with E-state index in [9.17, 15) is 5.11 Å². The van der Waals surface area contributed by atoms with Crippen molar-refractivity contribution in [3.05, 3.63) is 23.8 Å². The number of hydrogen-bond donors (Lipinski definition) is 1. The third-order valence-electron chi connectivity index (χ3n) is 8.38. The maximum absolute atomic E-state index is 10.5. The van der Waals surface area contributed by atoms with Gasteiger partial charge in [-0.25, -0.2) is 0 Å². The number of aliphatic hydroxyl groups is 1. The molecular formula is C21H32O. The first-order valence-electron chi connectivity index (χ1n) is 9.58. The molecule has 3 fully saturated rings. The summed E-state index contributed by atoms with van der Waals surface area (Å²) < 4.78 is 0. The Kier molecular flexibility index (Phi) is 3.39. The molecule has 0 aliphatic heterocycles. The number of hydrogen-bond acceptors (Lipinski definition) is 1. The highest BCUT2D eigenvalue weighted by molar-refractivity contribution is 5.34. The fourth-order valence-corrected chi connectivity index (χ4v) is 7.09. The van der Waals surface area contributed by atoms with Gasteiger partial charge >= 0.3 is 0 Å². The summed E-state index contributed by atoms with van der Waals surface area (Å²) in [6.45, 7) is 9.04. The van der Waals surface area contributed by atoms with Crippen molar-refractivity contribution in [3.8, 4) is 0 Å². The van der Waals surface area contributed by atoms with E-state index in [4.69, 9.17) is 0 Å². The molecule has 0 bridgehead atoms. The largest absolute Gasteiger partial charge is 0.393 e. The predicted octanol–water partition coefficient (Wildman–Crippen LogP) is 5.26. The van der Waals surface area contributed by atoms with Crippen molar-refractivity contribution < 1.29 is 5.11 Å². The first-order chi connectivity index (χ1) is 10.5. The lowest BCUT2D eigenvalue weighted by atomic mass is 9.46. The molecule has 1 nitrogen and oxygen atoms in total. The van der Waals surface area contributed by atoms with E-state index in [1.54, 1.807) is 5.57 Å². The molecule has 4 rings (SSSR count). The van der Waals surface area contributed by atoms with Gasteiger partial charge in [0.15, 0.2) is 0 Å². The van der Waals surface area contributed by atoms with Gasteiger partial charge in [-0.3, -0.25) is 0 Å². The fourth-order valence-electron chi connectivity index (χ4n) is 7.09. The first-order valence-corrected chi connectivity index (χ1v) is 9.58. The molecule has 22 heavy (non-hydrogen) atoms. The smallest absolute Gasteiger partial charge is 0.0596 e. The number of rotatable bonds is 1. The van der Waals surface area contributed by atoms with E-state index in [1.165, 1.54) is 56.9 Å². The van der Waals surface area contributed by atoms with E-state index in [-0.39, 0.29) is 11.5 Å². The molecule has 0 aromatic heterocycles. The SMILES string of the molecule is C=C1C=C2CC[C@@H]3[C@H](CC[C@]4(C)[C@@H](O)CC[C@@H]34)[C@@]2(CC)CC1. The number of allylic oxidation sites excluding steroid dienone is 3. The first kappa shape index (κ1) is 15.0. The van der Waals surface area contributed by atoms with Crippen molar-refractivity contribution in [1.82, 2.24) is 0 Å². The zero-order valence-electron chi connectivity index (χ0n) is 14.4. The molecule has 0 saturated heterocycles. The maximum Gasteiger partial charge on any atom is 0.0596 e. The fraction of sp³-hybridized carbons (Fsp3) is 0.810. The van der Waals surface area contributed by atoms with Gasteiger partial charge in [-0.1, -0.05) is 37.6 Å². The van der Waals surface area contributed by atoms with Crippen LogP contribution in [-0.4, -0.2) is 11.2 Å². The number of fused-ring (bicyclic) bond motifs is 5. The minimum atomic E-state index is -0.0425. The van der Waals surface area contributed by atoms with Gasteiger partial charge in [-0.2, -0.15) is 0 Å². The van der Waals surface area contributed by atoms with Crippen molar-refractivity contribution in [3.63, 3.8) is 0 Å². The second-order valence-electron chi connectivity index (χ2n) is 8.89. The van der Waals surface area contributed by atoms with Crippen LogP contribution in [0.25, 0.3) is 0 Å². The quantitative estimate of drug-likeness (QED) is 0.700. The second-order valence-corrected chi connectivity index (χ2v) is 8.89. The standard InChI is InChI=1S/C21H32O/c1-4-21-12-9-14(2)13-15(21)5-6-16-17-7-8-19(22)20(17,3)11-10-18(16)21/h13,16-19,22H,2,4-12H2,1,3H3/t16-,17-,18-,19-,20-,21-/m0/s1. The van der Waals surface area contributed by atoms with Crippen molar-refractivity contribution in [2.75, 3.05) is 0 Å². The average molecular weight is 300 g/mol. The van der Waals surface area contributed by atoms with Crippen molar-refractivity contribution in [2.45, 2.75) is 77.7 Å². The van der Waals surface area contributed by atoms with Crippen LogP contribution in [0.1, 0.15) is 71.6 Å². The molecule has 1 N–H and O–H groups in total. The van der Waals surface area contributed by atoms with Gasteiger partial charge in [0.05, 0.1) is 6.10 Å². The molecule has 0 heterocycles. The molecule has 1 heteroatoms. The van der Waals surface area contributed by atoms with Crippen LogP contribution in [0, 0.1) is 28.6 Å². The Bertz CT molecular complexity index is 518. The zero-order valence-corrected chi connectivity index (χ0v) is 14.4.